The highest BCUT2D eigenvalue weighted by atomic mass is 32.2. The van der Waals surface area contributed by atoms with Gasteiger partial charge in [-0.15, -0.1) is 0 Å². The summed E-state index contributed by atoms with van der Waals surface area (Å²) in [7, 11) is -2.22. The molecule has 6 nitrogen and oxygen atoms in total. The first-order chi connectivity index (χ1) is 8.21. The van der Waals surface area contributed by atoms with Crippen molar-refractivity contribution in [3.05, 3.63) is 12.0 Å². The minimum atomic E-state index is -3.66. The first-order valence-electron chi connectivity index (χ1n) is 5.53. The van der Waals surface area contributed by atoms with Gasteiger partial charge in [0.2, 0.25) is 0 Å². The Labute approximate surface area is 113 Å². The zero-order valence-electron chi connectivity index (χ0n) is 10.9. The highest BCUT2D eigenvalue weighted by Gasteiger charge is 2.29. The first kappa shape index (κ1) is 15.1. The summed E-state index contributed by atoms with van der Waals surface area (Å²) < 4.78 is 27.5. The Morgan fingerprint density at radius 1 is 1.67 bits per heavy atom. The minimum Gasteiger partial charge on any atom is -0.392 e. The molecule has 0 fully saturated rings. The van der Waals surface area contributed by atoms with Gasteiger partial charge in [0.15, 0.2) is 5.03 Å². The predicted octanol–water partition coefficient (Wildman–Crippen LogP) is 0.507. The number of hydrogen-bond acceptors (Lipinski definition) is 4. The fourth-order valence-electron chi connectivity index (χ4n) is 1.46. The number of nitrogens with zero attached hydrogens (tertiary/aromatic N) is 3. The largest absolute Gasteiger partial charge is 0.392 e. The van der Waals surface area contributed by atoms with Crippen LogP contribution < -0.4 is 5.73 Å². The maximum absolute atomic E-state index is 12.3. The summed E-state index contributed by atoms with van der Waals surface area (Å²) in [5.41, 5.74) is 5.47. The molecule has 0 aromatic carbocycles. The van der Waals surface area contributed by atoms with Crippen LogP contribution in [0.5, 0.6) is 0 Å². The fraction of sp³-hybridized carbons (Fsp3) is 0.600. The van der Waals surface area contributed by atoms with Crippen LogP contribution in [-0.2, 0) is 16.6 Å². The van der Waals surface area contributed by atoms with Crippen molar-refractivity contribution in [2.24, 2.45) is 5.73 Å². The van der Waals surface area contributed by atoms with E-state index in [1.165, 1.54) is 13.2 Å². The van der Waals surface area contributed by atoms with Crippen LogP contribution in [0.4, 0.5) is 0 Å². The third kappa shape index (κ3) is 2.70. The lowest BCUT2D eigenvalue weighted by atomic mass is 10.3. The average Bonchev–Trinajstić information content (AvgIpc) is 2.68. The fourth-order valence-corrected chi connectivity index (χ4v) is 3.02. The molecule has 18 heavy (non-hydrogen) atoms. The smallest absolute Gasteiger partial charge is 0.262 e. The van der Waals surface area contributed by atoms with Crippen molar-refractivity contribution in [1.29, 1.82) is 0 Å². The average molecular weight is 290 g/mol. The number of aromatic nitrogens is 2. The molecule has 8 heteroatoms. The van der Waals surface area contributed by atoms with Gasteiger partial charge in [-0.25, -0.2) is 13.4 Å². The number of sulfonamides is 1. The quantitative estimate of drug-likeness (QED) is 0.799. The summed E-state index contributed by atoms with van der Waals surface area (Å²) in [6.07, 6.45) is 1.52. The molecule has 0 aliphatic heterocycles. The zero-order valence-corrected chi connectivity index (χ0v) is 12.5. The molecule has 2 N–H and O–H groups in total. The Morgan fingerprint density at radius 3 is 2.61 bits per heavy atom. The number of likely N-dealkylation sites (N-methyl/N-ethyl adjacent to an activating group) is 1. The topological polar surface area (TPSA) is 81.2 Å². The van der Waals surface area contributed by atoms with Crippen LogP contribution >= 0.6 is 12.2 Å². The van der Waals surface area contributed by atoms with Gasteiger partial charge in [-0.3, -0.25) is 0 Å². The summed E-state index contributed by atoms with van der Waals surface area (Å²) in [4.78, 5) is 4.20. The van der Waals surface area contributed by atoms with Crippen LogP contribution in [0.25, 0.3) is 0 Å². The Balaban J connectivity index is 3.17. The highest BCUT2D eigenvalue weighted by molar-refractivity contribution is 7.89. The van der Waals surface area contributed by atoms with E-state index < -0.39 is 16.1 Å². The summed E-state index contributed by atoms with van der Waals surface area (Å²) in [5, 5.41) is 0.0208. The van der Waals surface area contributed by atoms with Crippen LogP contribution in [0.3, 0.4) is 0 Å². The van der Waals surface area contributed by atoms with E-state index in [1.54, 1.807) is 18.4 Å². The van der Waals surface area contributed by atoms with E-state index in [1.807, 2.05) is 6.92 Å². The van der Waals surface area contributed by atoms with E-state index in [0.717, 1.165) is 4.31 Å². The van der Waals surface area contributed by atoms with Crippen molar-refractivity contribution in [1.82, 2.24) is 13.9 Å². The lowest BCUT2D eigenvalue weighted by molar-refractivity contribution is 0.449. The molecule has 1 unspecified atom stereocenters. The third-order valence-corrected chi connectivity index (χ3v) is 5.04. The van der Waals surface area contributed by atoms with Gasteiger partial charge in [0.25, 0.3) is 10.0 Å². The summed E-state index contributed by atoms with van der Waals surface area (Å²) in [5.74, 6) is 0.660. The number of hydrogen-bond donors (Lipinski definition) is 1. The van der Waals surface area contributed by atoms with Crippen LogP contribution in [0.15, 0.2) is 11.2 Å². The molecule has 1 atom stereocenters. The number of imidazole rings is 1. The molecule has 0 amide bonds. The molecule has 1 heterocycles. The monoisotopic (exact) mass is 290 g/mol. The van der Waals surface area contributed by atoms with Crippen molar-refractivity contribution in [2.75, 3.05) is 7.05 Å². The van der Waals surface area contributed by atoms with Crippen molar-refractivity contribution < 1.29 is 8.42 Å². The van der Waals surface area contributed by atoms with E-state index in [0.29, 0.717) is 12.4 Å². The number of thiocarbonyl (C=S) groups is 1. The van der Waals surface area contributed by atoms with Crippen LogP contribution in [-0.4, -0.2) is 40.4 Å². The van der Waals surface area contributed by atoms with E-state index >= 15 is 0 Å². The zero-order chi connectivity index (χ0) is 14.1. The molecular formula is C10H18N4O2S2. The molecule has 102 valence electrons. The van der Waals surface area contributed by atoms with Gasteiger partial charge in [0.05, 0.1) is 11.0 Å². The van der Waals surface area contributed by atoms with E-state index in [9.17, 15) is 8.42 Å². The lowest BCUT2D eigenvalue weighted by Gasteiger charge is -2.21. The van der Waals surface area contributed by atoms with Gasteiger partial charge in [-0.1, -0.05) is 12.2 Å². The first-order valence-corrected chi connectivity index (χ1v) is 7.37. The van der Waals surface area contributed by atoms with Gasteiger partial charge >= 0.3 is 0 Å². The maximum Gasteiger partial charge on any atom is 0.262 e. The molecule has 0 spiro atoms. The van der Waals surface area contributed by atoms with Crippen molar-refractivity contribution in [3.63, 3.8) is 0 Å². The molecule has 0 saturated carbocycles. The Morgan fingerprint density at radius 2 is 2.22 bits per heavy atom. The molecule has 0 radical (unpaired) electrons. The molecule has 0 saturated heterocycles. The number of aryl methyl sites for hydroxylation is 2. The second-order valence-electron chi connectivity index (χ2n) is 4.01. The number of nitrogens with two attached hydrogens (primary N) is 1. The van der Waals surface area contributed by atoms with Crippen LogP contribution in [0.2, 0.25) is 0 Å². The second-order valence-corrected chi connectivity index (χ2v) is 6.43. The number of rotatable bonds is 5. The minimum absolute atomic E-state index is 0.0208. The van der Waals surface area contributed by atoms with Gasteiger partial charge < -0.3 is 10.3 Å². The van der Waals surface area contributed by atoms with Gasteiger partial charge in [-0.2, -0.15) is 4.31 Å². The summed E-state index contributed by atoms with van der Waals surface area (Å²) >= 11 is 4.81. The second kappa shape index (κ2) is 5.33. The van der Waals surface area contributed by atoms with Gasteiger partial charge in [0.1, 0.15) is 5.82 Å². The third-order valence-electron chi connectivity index (χ3n) is 2.90. The molecule has 0 bridgehead atoms. The molecule has 0 aliphatic rings. The lowest BCUT2D eigenvalue weighted by Crippen LogP contribution is -2.42. The van der Waals surface area contributed by atoms with E-state index in [4.69, 9.17) is 18.0 Å². The van der Waals surface area contributed by atoms with Crippen molar-refractivity contribution in [3.8, 4) is 0 Å². The summed E-state index contributed by atoms with van der Waals surface area (Å²) in [6, 6.07) is -0.544. The Bertz CT molecular complexity index is 550. The highest BCUT2D eigenvalue weighted by Crippen LogP contribution is 2.16. The van der Waals surface area contributed by atoms with Crippen LogP contribution in [0.1, 0.15) is 19.7 Å². The van der Waals surface area contributed by atoms with Crippen LogP contribution in [0, 0.1) is 6.92 Å². The SMILES string of the molecule is CCn1cc(S(=O)(=O)N(C)C(C)C(N)=S)nc1C. The Hall–Kier alpha value is -0.990. The predicted molar refractivity (Wildman–Crippen MR) is 73.8 cm³/mol. The molecule has 1 aromatic rings. The standard InChI is InChI=1S/C10H18N4O2S2/c1-5-14-6-9(12-8(14)3)18(15,16)13(4)7(2)10(11)17/h6-7H,5H2,1-4H3,(H2,11,17). The molecule has 1 rings (SSSR count). The normalized spacial score (nSPS) is 13.8. The van der Waals surface area contributed by atoms with Crippen molar-refractivity contribution in [2.45, 2.75) is 38.4 Å². The molecule has 0 aliphatic carbocycles. The summed E-state index contributed by atoms with van der Waals surface area (Å²) in [6.45, 7) is 6.00. The van der Waals surface area contributed by atoms with E-state index in [2.05, 4.69) is 4.98 Å². The van der Waals surface area contributed by atoms with Gasteiger partial charge in [-0.05, 0) is 20.8 Å². The van der Waals surface area contributed by atoms with Gasteiger partial charge in [0, 0.05) is 19.8 Å². The van der Waals surface area contributed by atoms with E-state index in [-0.39, 0.29) is 10.0 Å². The Kier molecular flexibility index (Phi) is 4.46. The molecular weight excluding hydrogens is 272 g/mol. The van der Waals surface area contributed by atoms with Crippen molar-refractivity contribution >= 4 is 27.2 Å². The maximum atomic E-state index is 12.3. The molecule has 1 aromatic heterocycles.